The van der Waals surface area contributed by atoms with E-state index < -0.39 is 0 Å². The van der Waals surface area contributed by atoms with E-state index in [1.807, 2.05) is 0 Å². The molecule has 0 aliphatic rings. The number of halogens is 1. The van der Waals surface area contributed by atoms with Crippen LogP contribution in [0.3, 0.4) is 0 Å². The molecule has 0 saturated carbocycles. The second kappa shape index (κ2) is 21.6. The molecular weight excluding hydrogens is 448 g/mol. The van der Waals surface area contributed by atoms with E-state index in [2.05, 4.69) is 47.1 Å². The van der Waals surface area contributed by atoms with Gasteiger partial charge in [0.25, 0.3) is 0 Å². The number of unbranched alkanes of at least 4 members (excludes halogenated alkanes) is 5. The third kappa shape index (κ3) is 17.1. The molecule has 0 N–H and O–H groups in total. The maximum atomic E-state index is 5.73. The van der Waals surface area contributed by atoms with Gasteiger partial charge in [-0.3, -0.25) is 0 Å². The van der Waals surface area contributed by atoms with Crippen molar-refractivity contribution in [3.8, 4) is 5.75 Å². The third-order valence-corrected chi connectivity index (χ3v) is 4.90. The van der Waals surface area contributed by atoms with Gasteiger partial charge in [0.2, 0.25) is 0 Å². The Labute approximate surface area is 191 Å². The van der Waals surface area contributed by atoms with Crippen LogP contribution in [0.15, 0.2) is 24.3 Å². The molecule has 1 aromatic rings. The summed E-state index contributed by atoms with van der Waals surface area (Å²) in [5, 5.41) is 0.854. The van der Waals surface area contributed by atoms with Crippen molar-refractivity contribution >= 4 is 15.9 Å². The van der Waals surface area contributed by atoms with E-state index in [-0.39, 0.29) is 0 Å². The molecule has 0 bridgehead atoms. The summed E-state index contributed by atoms with van der Waals surface area (Å²) in [6, 6.07) is 8.46. The predicted octanol–water partition coefficient (Wildman–Crippen LogP) is 5.43. The van der Waals surface area contributed by atoms with Gasteiger partial charge in [-0.05, 0) is 30.5 Å². The average Bonchev–Trinajstić information content (AvgIpc) is 2.77. The maximum Gasteiger partial charge on any atom is 0.119 e. The summed E-state index contributed by atoms with van der Waals surface area (Å²) >= 11 is 3.31. The van der Waals surface area contributed by atoms with Gasteiger partial charge < -0.3 is 23.7 Å². The van der Waals surface area contributed by atoms with Crippen LogP contribution in [0.4, 0.5) is 0 Å². The highest BCUT2D eigenvalue weighted by atomic mass is 79.9. The molecule has 0 radical (unpaired) electrons. The lowest BCUT2D eigenvalue weighted by molar-refractivity contribution is -0.00315. The van der Waals surface area contributed by atoms with E-state index in [4.69, 9.17) is 23.7 Å². The Kier molecular flexibility index (Phi) is 19.7. The number of rotatable bonds is 22. The van der Waals surface area contributed by atoms with Gasteiger partial charge in [-0.15, -0.1) is 0 Å². The molecule has 0 heterocycles. The fourth-order valence-electron chi connectivity index (χ4n) is 2.90. The van der Waals surface area contributed by atoms with Gasteiger partial charge in [-0.25, -0.2) is 0 Å². The highest BCUT2D eigenvalue weighted by Gasteiger charge is 1.98. The van der Waals surface area contributed by atoms with Crippen molar-refractivity contribution in [2.24, 2.45) is 0 Å². The Bertz CT molecular complexity index is 469. The van der Waals surface area contributed by atoms with Crippen LogP contribution in [0.25, 0.3) is 0 Å². The second-order valence-corrected chi connectivity index (χ2v) is 7.94. The van der Waals surface area contributed by atoms with Crippen LogP contribution in [0, 0.1) is 0 Å². The second-order valence-electron chi connectivity index (χ2n) is 7.15. The number of hydrogen-bond donors (Lipinski definition) is 0. The van der Waals surface area contributed by atoms with Gasteiger partial charge >= 0.3 is 0 Å². The first-order chi connectivity index (χ1) is 14.9. The topological polar surface area (TPSA) is 46.2 Å². The van der Waals surface area contributed by atoms with Crippen molar-refractivity contribution in [3.63, 3.8) is 0 Å². The fraction of sp³-hybridized carbons (Fsp3) is 0.750. The highest BCUT2D eigenvalue weighted by Crippen LogP contribution is 2.15. The number of ether oxygens (including phenoxy) is 5. The van der Waals surface area contributed by atoms with E-state index in [0.717, 1.165) is 17.5 Å². The van der Waals surface area contributed by atoms with Crippen molar-refractivity contribution in [2.45, 2.75) is 51.9 Å². The SMILES string of the molecule is CCCCCCCCc1ccc(OCCOCCOCCOCCOCCBr)cc1. The molecule has 0 fully saturated rings. The average molecular weight is 489 g/mol. The molecule has 0 aliphatic carbocycles. The van der Waals surface area contributed by atoms with Crippen molar-refractivity contribution in [1.29, 1.82) is 0 Å². The monoisotopic (exact) mass is 488 g/mol. The number of benzene rings is 1. The standard InChI is InChI=1S/C24H41BrO5/c1-2-3-4-5-6-7-8-23-9-11-24(12-10-23)30-22-21-29-20-19-28-18-17-27-16-15-26-14-13-25/h9-12H,2-8,13-22H2,1H3. The minimum absolute atomic E-state index is 0.550. The summed E-state index contributed by atoms with van der Waals surface area (Å²) in [5.74, 6) is 0.902. The van der Waals surface area contributed by atoms with Gasteiger partial charge in [0, 0.05) is 5.33 Å². The van der Waals surface area contributed by atoms with Crippen LogP contribution in [-0.4, -0.2) is 64.8 Å². The number of alkyl halides is 1. The molecule has 5 nitrogen and oxygen atoms in total. The summed E-state index contributed by atoms with van der Waals surface area (Å²) < 4.78 is 27.4. The van der Waals surface area contributed by atoms with Crippen LogP contribution in [0.5, 0.6) is 5.75 Å². The molecule has 30 heavy (non-hydrogen) atoms. The van der Waals surface area contributed by atoms with E-state index >= 15 is 0 Å². The summed E-state index contributed by atoms with van der Waals surface area (Å²) in [7, 11) is 0. The highest BCUT2D eigenvalue weighted by molar-refractivity contribution is 9.09. The zero-order valence-electron chi connectivity index (χ0n) is 18.7. The third-order valence-electron chi connectivity index (χ3n) is 4.58. The normalized spacial score (nSPS) is 11.1. The number of aryl methyl sites for hydroxylation is 1. The molecule has 0 unspecified atom stereocenters. The fourth-order valence-corrected chi connectivity index (χ4v) is 3.13. The van der Waals surface area contributed by atoms with Crippen LogP contribution >= 0.6 is 15.9 Å². The van der Waals surface area contributed by atoms with Gasteiger partial charge in [0.15, 0.2) is 0 Å². The maximum absolute atomic E-state index is 5.73. The number of hydrogen-bond acceptors (Lipinski definition) is 5. The van der Waals surface area contributed by atoms with Gasteiger partial charge in [0.05, 0.1) is 52.9 Å². The van der Waals surface area contributed by atoms with E-state index in [9.17, 15) is 0 Å². The van der Waals surface area contributed by atoms with Crippen LogP contribution in [0.2, 0.25) is 0 Å². The summed E-state index contributed by atoms with van der Waals surface area (Å²) in [6.07, 6.45) is 9.18. The van der Waals surface area contributed by atoms with Crippen LogP contribution in [-0.2, 0) is 25.4 Å². The van der Waals surface area contributed by atoms with E-state index in [1.165, 1.54) is 44.1 Å². The predicted molar refractivity (Wildman–Crippen MR) is 126 cm³/mol. The molecule has 0 saturated heterocycles. The smallest absolute Gasteiger partial charge is 0.119 e. The molecule has 0 spiro atoms. The van der Waals surface area contributed by atoms with Crippen molar-refractivity contribution < 1.29 is 23.7 Å². The molecule has 174 valence electrons. The molecule has 0 aliphatic heterocycles. The first-order valence-electron chi connectivity index (χ1n) is 11.5. The van der Waals surface area contributed by atoms with Crippen molar-refractivity contribution in [1.82, 2.24) is 0 Å². The molecule has 1 rings (SSSR count). The zero-order valence-corrected chi connectivity index (χ0v) is 20.3. The zero-order chi connectivity index (χ0) is 21.5. The Morgan fingerprint density at radius 1 is 0.600 bits per heavy atom. The first-order valence-corrected chi connectivity index (χ1v) is 12.6. The summed E-state index contributed by atoms with van der Waals surface area (Å²) in [5.41, 5.74) is 1.39. The Morgan fingerprint density at radius 2 is 1.10 bits per heavy atom. The summed E-state index contributed by atoms with van der Waals surface area (Å²) in [4.78, 5) is 0. The largest absolute Gasteiger partial charge is 0.491 e. The van der Waals surface area contributed by atoms with E-state index in [1.54, 1.807) is 0 Å². The summed E-state index contributed by atoms with van der Waals surface area (Å²) in [6.45, 7) is 7.59. The minimum atomic E-state index is 0.550. The van der Waals surface area contributed by atoms with Crippen LogP contribution in [0.1, 0.15) is 51.0 Å². The quantitative estimate of drug-likeness (QED) is 0.161. The van der Waals surface area contributed by atoms with Gasteiger partial charge in [-0.2, -0.15) is 0 Å². The van der Waals surface area contributed by atoms with E-state index in [0.29, 0.717) is 59.5 Å². The molecule has 6 heteroatoms. The van der Waals surface area contributed by atoms with Gasteiger partial charge in [0.1, 0.15) is 12.4 Å². The molecule has 0 amide bonds. The first kappa shape index (κ1) is 27.4. The molecule has 0 atom stereocenters. The lowest BCUT2D eigenvalue weighted by Crippen LogP contribution is -2.14. The Hall–Kier alpha value is -0.660. The lowest BCUT2D eigenvalue weighted by atomic mass is 10.0. The molecule has 1 aromatic carbocycles. The van der Waals surface area contributed by atoms with Crippen molar-refractivity contribution in [3.05, 3.63) is 29.8 Å². The Morgan fingerprint density at radius 3 is 1.67 bits per heavy atom. The molecule has 0 aromatic heterocycles. The minimum Gasteiger partial charge on any atom is -0.491 e. The van der Waals surface area contributed by atoms with Crippen LogP contribution < -0.4 is 4.74 Å². The Balaban J connectivity index is 1.87. The molecular formula is C24H41BrO5. The van der Waals surface area contributed by atoms with Crippen molar-refractivity contribution in [2.75, 3.05) is 64.8 Å². The lowest BCUT2D eigenvalue weighted by Gasteiger charge is -2.09. The van der Waals surface area contributed by atoms with Gasteiger partial charge in [-0.1, -0.05) is 67.1 Å².